The first-order valence-electron chi connectivity index (χ1n) is 7.72. The molecule has 2 rings (SSSR count). The molecule has 21 heavy (non-hydrogen) atoms. The fourth-order valence-corrected chi connectivity index (χ4v) is 3.10. The number of benzene rings is 1. The zero-order chi connectivity index (χ0) is 15.2. The van der Waals surface area contributed by atoms with Crippen LogP contribution in [0.3, 0.4) is 0 Å². The predicted molar refractivity (Wildman–Crippen MR) is 83.5 cm³/mol. The third kappa shape index (κ3) is 3.94. The first-order chi connectivity index (χ1) is 10.2. The SMILES string of the molecule is CCC1CCCCC1OCc1ccc([N+](=O)[O-])c(NC)c1. The summed E-state index contributed by atoms with van der Waals surface area (Å²) in [5.74, 6) is 0.653. The van der Waals surface area contributed by atoms with Gasteiger partial charge in [-0.25, -0.2) is 0 Å². The van der Waals surface area contributed by atoms with E-state index in [0.29, 0.717) is 24.3 Å². The van der Waals surface area contributed by atoms with Gasteiger partial charge < -0.3 is 10.1 Å². The summed E-state index contributed by atoms with van der Waals surface area (Å²) in [6, 6.07) is 5.13. The van der Waals surface area contributed by atoms with Crippen molar-refractivity contribution in [2.24, 2.45) is 5.92 Å². The van der Waals surface area contributed by atoms with Crippen LogP contribution in [0.2, 0.25) is 0 Å². The van der Waals surface area contributed by atoms with E-state index in [1.807, 2.05) is 6.07 Å². The number of ether oxygens (including phenoxy) is 1. The summed E-state index contributed by atoms with van der Waals surface area (Å²) in [5.41, 5.74) is 1.62. The molecule has 0 spiro atoms. The lowest BCUT2D eigenvalue weighted by Crippen LogP contribution is -2.27. The average molecular weight is 292 g/mol. The molecule has 1 aliphatic carbocycles. The first-order valence-corrected chi connectivity index (χ1v) is 7.72. The van der Waals surface area contributed by atoms with Crippen LogP contribution in [0.15, 0.2) is 18.2 Å². The van der Waals surface area contributed by atoms with Gasteiger partial charge in [0, 0.05) is 13.1 Å². The van der Waals surface area contributed by atoms with Gasteiger partial charge in [0.2, 0.25) is 0 Å². The summed E-state index contributed by atoms with van der Waals surface area (Å²) >= 11 is 0. The van der Waals surface area contributed by atoms with Gasteiger partial charge in [0.05, 0.1) is 17.6 Å². The lowest BCUT2D eigenvalue weighted by Gasteiger charge is -2.30. The molecule has 2 unspecified atom stereocenters. The molecule has 5 nitrogen and oxygen atoms in total. The Labute approximate surface area is 125 Å². The van der Waals surface area contributed by atoms with E-state index >= 15 is 0 Å². The van der Waals surface area contributed by atoms with Gasteiger partial charge >= 0.3 is 0 Å². The van der Waals surface area contributed by atoms with E-state index in [2.05, 4.69) is 12.2 Å². The van der Waals surface area contributed by atoms with Crippen LogP contribution in [0.5, 0.6) is 0 Å². The maximum absolute atomic E-state index is 10.9. The second kappa shape index (κ2) is 7.41. The molecular weight excluding hydrogens is 268 g/mol. The predicted octanol–water partition coefficient (Wildman–Crippen LogP) is 4.12. The van der Waals surface area contributed by atoms with Gasteiger partial charge in [-0.1, -0.05) is 26.2 Å². The summed E-state index contributed by atoms with van der Waals surface area (Å²) < 4.78 is 6.07. The minimum absolute atomic E-state index is 0.102. The van der Waals surface area contributed by atoms with Crippen molar-refractivity contribution in [2.75, 3.05) is 12.4 Å². The maximum atomic E-state index is 10.9. The van der Waals surface area contributed by atoms with Crippen LogP contribution in [0.1, 0.15) is 44.6 Å². The van der Waals surface area contributed by atoms with Gasteiger partial charge in [-0.15, -0.1) is 0 Å². The highest BCUT2D eigenvalue weighted by atomic mass is 16.6. The van der Waals surface area contributed by atoms with Gasteiger partial charge in [-0.3, -0.25) is 10.1 Å². The molecule has 0 amide bonds. The van der Waals surface area contributed by atoms with Crippen LogP contribution in [-0.4, -0.2) is 18.1 Å². The van der Waals surface area contributed by atoms with Gasteiger partial charge in [0.25, 0.3) is 5.69 Å². The highest BCUT2D eigenvalue weighted by molar-refractivity contribution is 5.62. The van der Waals surface area contributed by atoms with Crippen LogP contribution in [0.4, 0.5) is 11.4 Å². The highest BCUT2D eigenvalue weighted by Gasteiger charge is 2.24. The summed E-state index contributed by atoms with van der Waals surface area (Å²) in [4.78, 5) is 10.5. The molecule has 0 saturated heterocycles. The lowest BCUT2D eigenvalue weighted by molar-refractivity contribution is -0.384. The second-order valence-electron chi connectivity index (χ2n) is 5.66. The summed E-state index contributed by atoms with van der Waals surface area (Å²) in [5, 5.41) is 13.8. The molecule has 0 aromatic heterocycles. The number of anilines is 1. The Morgan fingerprint density at radius 2 is 2.14 bits per heavy atom. The van der Waals surface area contributed by atoms with E-state index in [1.54, 1.807) is 19.2 Å². The molecule has 2 atom stereocenters. The molecular formula is C16H24N2O3. The number of nitrogens with one attached hydrogen (secondary N) is 1. The smallest absolute Gasteiger partial charge is 0.292 e. The third-order valence-corrected chi connectivity index (χ3v) is 4.35. The number of rotatable bonds is 6. The molecule has 1 saturated carbocycles. The van der Waals surface area contributed by atoms with Crippen molar-refractivity contribution in [3.63, 3.8) is 0 Å². The molecule has 116 valence electrons. The molecule has 5 heteroatoms. The van der Waals surface area contributed by atoms with Crippen LogP contribution in [-0.2, 0) is 11.3 Å². The van der Waals surface area contributed by atoms with Crippen LogP contribution < -0.4 is 5.32 Å². The van der Waals surface area contributed by atoms with Gasteiger partial charge in [-0.05, 0) is 36.5 Å². The largest absolute Gasteiger partial charge is 0.383 e. The quantitative estimate of drug-likeness (QED) is 0.632. The molecule has 1 aromatic rings. The second-order valence-corrected chi connectivity index (χ2v) is 5.66. The van der Waals surface area contributed by atoms with Crippen LogP contribution >= 0.6 is 0 Å². The van der Waals surface area contributed by atoms with E-state index in [4.69, 9.17) is 4.74 Å². The van der Waals surface area contributed by atoms with Gasteiger partial charge in [-0.2, -0.15) is 0 Å². The molecule has 1 N–H and O–H groups in total. The Bertz CT molecular complexity index is 490. The van der Waals surface area contributed by atoms with Crippen molar-refractivity contribution in [1.82, 2.24) is 0 Å². The van der Waals surface area contributed by atoms with Gasteiger partial charge in [0.15, 0.2) is 0 Å². The Kier molecular flexibility index (Phi) is 5.56. The molecule has 0 aliphatic heterocycles. The number of nitro groups is 1. The molecule has 0 radical (unpaired) electrons. The Balaban J connectivity index is 2.01. The lowest BCUT2D eigenvalue weighted by atomic mass is 9.85. The van der Waals surface area contributed by atoms with Crippen molar-refractivity contribution < 1.29 is 9.66 Å². The average Bonchev–Trinajstić information content (AvgIpc) is 2.52. The molecule has 0 bridgehead atoms. The van der Waals surface area contributed by atoms with Crippen molar-refractivity contribution >= 4 is 11.4 Å². The van der Waals surface area contributed by atoms with Crippen LogP contribution in [0, 0.1) is 16.0 Å². The minimum atomic E-state index is -0.370. The Morgan fingerprint density at radius 3 is 2.81 bits per heavy atom. The number of nitrogens with zero attached hydrogens (tertiary/aromatic N) is 1. The first kappa shape index (κ1) is 15.8. The fourth-order valence-electron chi connectivity index (χ4n) is 3.10. The Morgan fingerprint density at radius 1 is 1.38 bits per heavy atom. The van der Waals surface area contributed by atoms with Crippen molar-refractivity contribution in [3.05, 3.63) is 33.9 Å². The monoisotopic (exact) mass is 292 g/mol. The normalized spacial score (nSPS) is 22.0. The van der Waals surface area contributed by atoms with Crippen molar-refractivity contribution in [3.8, 4) is 0 Å². The summed E-state index contributed by atoms with van der Waals surface area (Å²) in [7, 11) is 1.70. The number of nitro benzene ring substituents is 1. The third-order valence-electron chi connectivity index (χ3n) is 4.35. The van der Waals surface area contributed by atoms with Gasteiger partial charge in [0.1, 0.15) is 5.69 Å². The molecule has 1 fully saturated rings. The molecule has 1 aromatic carbocycles. The van der Waals surface area contributed by atoms with E-state index in [0.717, 1.165) is 18.4 Å². The topological polar surface area (TPSA) is 64.4 Å². The Hall–Kier alpha value is -1.62. The van der Waals surface area contributed by atoms with E-state index in [9.17, 15) is 10.1 Å². The molecule has 0 heterocycles. The summed E-state index contributed by atoms with van der Waals surface area (Å²) in [6.45, 7) is 2.74. The van der Waals surface area contributed by atoms with E-state index in [1.165, 1.54) is 19.3 Å². The number of hydrogen-bond donors (Lipinski definition) is 1. The zero-order valence-corrected chi connectivity index (χ0v) is 12.8. The maximum Gasteiger partial charge on any atom is 0.292 e. The number of hydrogen-bond acceptors (Lipinski definition) is 4. The van der Waals surface area contributed by atoms with E-state index < -0.39 is 0 Å². The summed E-state index contributed by atoms with van der Waals surface area (Å²) in [6.07, 6.45) is 6.42. The van der Waals surface area contributed by atoms with E-state index in [-0.39, 0.29) is 10.6 Å². The highest BCUT2D eigenvalue weighted by Crippen LogP contribution is 2.30. The van der Waals surface area contributed by atoms with Crippen molar-refractivity contribution in [1.29, 1.82) is 0 Å². The fraction of sp³-hybridized carbons (Fsp3) is 0.625. The zero-order valence-electron chi connectivity index (χ0n) is 12.8. The van der Waals surface area contributed by atoms with Crippen LogP contribution in [0.25, 0.3) is 0 Å². The minimum Gasteiger partial charge on any atom is -0.383 e. The standard InChI is InChI=1S/C16H24N2O3/c1-3-13-6-4-5-7-16(13)21-11-12-8-9-15(18(19)20)14(10-12)17-2/h8-10,13,16-17H,3-7,11H2,1-2H3. The van der Waals surface area contributed by atoms with Crippen molar-refractivity contribution in [2.45, 2.75) is 51.7 Å². The molecule has 1 aliphatic rings.